The molecule has 2 heterocycles. The molecule has 2 rings (SSSR count). The molecule has 0 aromatic rings. The van der Waals surface area contributed by atoms with Crippen LogP contribution < -0.4 is 0 Å². The Morgan fingerprint density at radius 2 is 0.795 bits per heavy atom. The van der Waals surface area contributed by atoms with E-state index in [0.717, 1.165) is 48.5 Å². The van der Waals surface area contributed by atoms with Crippen molar-refractivity contribution in [3.63, 3.8) is 0 Å². The summed E-state index contributed by atoms with van der Waals surface area (Å²) in [6, 6.07) is 0. The van der Waals surface area contributed by atoms with Crippen molar-refractivity contribution in [1.29, 1.82) is 0 Å². The van der Waals surface area contributed by atoms with E-state index in [2.05, 4.69) is 0 Å². The fraction of sp³-hybridized carbons (Fsp3) is 0.731. The third-order valence-corrected chi connectivity index (χ3v) is 5.87. The highest BCUT2D eigenvalue weighted by Crippen LogP contribution is 2.35. The lowest BCUT2D eigenvalue weighted by Crippen LogP contribution is -2.66. The third kappa shape index (κ3) is 10.4. The summed E-state index contributed by atoms with van der Waals surface area (Å²) in [5.41, 5.74) is 0. The first-order valence-corrected chi connectivity index (χ1v) is 13.2. The standard InChI is InChI=1S/C26H35FO17/c1-10(28)35-9-18-20(37-12(3)30)22(39-14(5)32)24(41-16(7)34)26(43-18)44-25-23(40-15(6)33)21(38-13(4)31)19(36-11(2)29)17(8-27)42-25/h17-26H,8-9H2,1-7H3/t17-,18-,19-,20-,21+,22+,23-,24-,25-,26-/m1/s1. The van der Waals surface area contributed by atoms with Gasteiger partial charge in [-0.2, -0.15) is 0 Å². The number of esters is 7. The Bertz CT molecular complexity index is 1090. The number of hydrogen-bond acceptors (Lipinski definition) is 17. The first kappa shape index (κ1) is 36.3. The lowest BCUT2D eigenvalue weighted by Gasteiger charge is -2.47. The fourth-order valence-corrected chi connectivity index (χ4v) is 4.52. The van der Waals surface area contributed by atoms with Gasteiger partial charge in [-0.05, 0) is 0 Å². The molecule has 0 amide bonds. The van der Waals surface area contributed by atoms with Crippen LogP contribution in [0.3, 0.4) is 0 Å². The molecule has 0 spiro atoms. The van der Waals surface area contributed by atoms with Crippen molar-refractivity contribution in [2.24, 2.45) is 0 Å². The van der Waals surface area contributed by atoms with Gasteiger partial charge in [-0.25, -0.2) is 4.39 Å². The van der Waals surface area contributed by atoms with Gasteiger partial charge in [0.05, 0.1) is 0 Å². The van der Waals surface area contributed by atoms with Gasteiger partial charge in [0.15, 0.2) is 36.6 Å². The van der Waals surface area contributed by atoms with E-state index in [1.807, 2.05) is 0 Å². The van der Waals surface area contributed by atoms with Crippen molar-refractivity contribution in [2.45, 2.75) is 110 Å². The average Bonchev–Trinajstić information content (AvgIpc) is 2.87. The van der Waals surface area contributed by atoms with E-state index in [1.54, 1.807) is 0 Å². The number of carbonyl (C=O) groups excluding carboxylic acids is 7. The summed E-state index contributed by atoms with van der Waals surface area (Å²) in [4.78, 5) is 83.6. The Hall–Kier alpha value is -3.90. The Morgan fingerprint density at radius 3 is 1.14 bits per heavy atom. The second-order valence-electron chi connectivity index (χ2n) is 9.62. The second-order valence-corrected chi connectivity index (χ2v) is 9.62. The minimum atomic E-state index is -1.88. The highest BCUT2D eigenvalue weighted by Gasteiger charge is 2.57. The van der Waals surface area contributed by atoms with Crippen LogP contribution in [0.2, 0.25) is 0 Å². The Labute approximate surface area is 250 Å². The molecule has 0 bridgehead atoms. The first-order valence-electron chi connectivity index (χ1n) is 13.2. The molecule has 0 saturated carbocycles. The Kier molecular flexibility index (Phi) is 13.4. The van der Waals surface area contributed by atoms with Gasteiger partial charge in [0.25, 0.3) is 0 Å². The van der Waals surface area contributed by atoms with Gasteiger partial charge in [-0.1, -0.05) is 0 Å². The highest BCUT2D eigenvalue weighted by molar-refractivity contribution is 5.69. The van der Waals surface area contributed by atoms with Crippen LogP contribution in [0.4, 0.5) is 4.39 Å². The van der Waals surface area contributed by atoms with Gasteiger partial charge in [-0.3, -0.25) is 33.6 Å². The summed E-state index contributed by atoms with van der Waals surface area (Å²) in [5, 5.41) is 0. The van der Waals surface area contributed by atoms with Crippen LogP contribution in [0.1, 0.15) is 48.5 Å². The summed E-state index contributed by atoms with van der Waals surface area (Å²) >= 11 is 0. The minimum absolute atomic E-state index is 0.589. The van der Waals surface area contributed by atoms with E-state index in [-0.39, 0.29) is 0 Å². The number of carbonyl (C=O) groups is 7. The molecular formula is C26H35FO17. The largest absolute Gasteiger partial charge is 0.463 e. The van der Waals surface area contributed by atoms with E-state index in [1.165, 1.54) is 0 Å². The summed E-state index contributed by atoms with van der Waals surface area (Å²) in [5.74, 6) is -6.30. The van der Waals surface area contributed by atoms with Gasteiger partial charge in [0.1, 0.15) is 25.5 Å². The van der Waals surface area contributed by atoms with Crippen molar-refractivity contribution in [3.05, 3.63) is 0 Å². The minimum Gasteiger partial charge on any atom is -0.463 e. The summed E-state index contributed by atoms with van der Waals surface area (Å²) in [6.45, 7) is 5.18. The Balaban J connectivity index is 2.63. The molecular weight excluding hydrogens is 603 g/mol. The van der Waals surface area contributed by atoms with Crippen molar-refractivity contribution in [2.75, 3.05) is 13.3 Å². The monoisotopic (exact) mass is 638 g/mol. The number of alkyl halides is 1. The zero-order valence-electron chi connectivity index (χ0n) is 25.0. The van der Waals surface area contributed by atoms with Crippen LogP contribution in [-0.2, 0) is 80.9 Å². The molecule has 18 heteroatoms. The van der Waals surface area contributed by atoms with Crippen molar-refractivity contribution < 1.29 is 85.3 Å². The summed E-state index contributed by atoms with van der Waals surface area (Å²) in [7, 11) is 0. The highest BCUT2D eigenvalue weighted by atomic mass is 19.1. The SMILES string of the molecule is CC(=O)OC[C@H]1O[C@H](O[C@H]2O[C@H](CF)[C@@H](OC(C)=O)[C@H](OC(C)=O)[C@H]2OC(C)=O)[C@H](OC(C)=O)[C@@H](OC(C)=O)[C@@H]1OC(C)=O. The molecule has 2 aliphatic heterocycles. The van der Waals surface area contributed by atoms with Gasteiger partial charge < -0.3 is 47.4 Å². The van der Waals surface area contributed by atoms with Crippen LogP contribution in [0.15, 0.2) is 0 Å². The van der Waals surface area contributed by atoms with Gasteiger partial charge in [0, 0.05) is 48.5 Å². The number of hydrogen-bond donors (Lipinski definition) is 0. The van der Waals surface area contributed by atoms with Crippen molar-refractivity contribution in [1.82, 2.24) is 0 Å². The quantitative estimate of drug-likeness (QED) is 0.207. The van der Waals surface area contributed by atoms with Crippen LogP contribution in [-0.4, -0.2) is 116 Å². The molecule has 0 radical (unpaired) electrons. The maximum absolute atomic E-state index is 14.2. The zero-order valence-corrected chi connectivity index (χ0v) is 25.0. The van der Waals surface area contributed by atoms with Crippen LogP contribution >= 0.6 is 0 Å². The molecule has 0 unspecified atom stereocenters. The smallest absolute Gasteiger partial charge is 0.303 e. The van der Waals surface area contributed by atoms with E-state index in [9.17, 15) is 38.0 Å². The van der Waals surface area contributed by atoms with Gasteiger partial charge in [-0.15, -0.1) is 0 Å². The molecule has 0 aromatic carbocycles. The lowest BCUT2D eigenvalue weighted by molar-refractivity contribution is -0.376. The molecule has 10 atom stereocenters. The topological polar surface area (TPSA) is 212 Å². The molecule has 2 aliphatic rings. The first-order chi connectivity index (χ1) is 20.5. The third-order valence-electron chi connectivity index (χ3n) is 5.87. The van der Waals surface area contributed by atoms with Crippen molar-refractivity contribution in [3.8, 4) is 0 Å². The maximum atomic E-state index is 14.2. The molecule has 2 fully saturated rings. The van der Waals surface area contributed by atoms with E-state index >= 15 is 0 Å². The molecule has 44 heavy (non-hydrogen) atoms. The van der Waals surface area contributed by atoms with E-state index in [4.69, 9.17) is 47.4 Å². The van der Waals surface area contributed by atoms with Crippen molar-refractivity contribution >= 4 is 41.8 Å². The summed E-state index contributed by atoms with van der Waals surface area (Å²) in [6.07, 6.45) is -16.7. The maximum Gasteiger partial charge on any atom is 0.303 e. The summed E-state index contributed by atoms with van der Waals surface area (Å²) < 4.78 is 68.2. The molecule has 2 saturated heterocycles. The van der Waals surface area contributed by atoms with Crippen LogP contribution in [0.25, 0.3) is 0 Å². The van der Waals surface area contributed by atoms with Crippen LogP contribution in [0, 0.1) is 0 Å². The fourth-order valence-electron chi connectivity index (χ4n) is 4.52. The lowest BCUT2D eigenvalue weighted by atomic mass is 9.97. The number of ether oxygens (including phenoxy) is 10. The van der Waals surface area contributed by atoms with E-state index < -0.39 is 116 Å². The van der Waals surface area contributed by atoms with Gasteiger partial charge >= 0.3 is 41.8 Å². The zero-order chi connectivity index (χ0) is 33.3. The molecule has 248 valence electrons. The average molecular weight is 639 g/mol. The Morgan fingerprint density at radius 1 is 0.477 bits per heavy atom. The molecule has 0 aliphatic carbocycles. The predicted octanol–water partition coefficient (Wildman–Crippen LogP) is -0.424. The van der Waals surface area contributed by atoms with Gasteiger partial charge in [0.2, 0.25) is 12.6 Å². The number of rotatable bonds is 11. The van der Waals surface area contributed by atoms with Crippen LogP contribution in [0.5, 0.6) is 0 Å². The second kappa shape index (κ2) is 16.2. The van der Waals surface area contributed by atoms with E-state index in [0.29, 0.717) is 0 Å². The number of halogens is 1. The molecule has 0 N–H and O–H groups in total. The predicted molar refractivity (Wildman–Crippen MR) is 134 cm³/mol. The molecule has 0 aromatic heterocycles. The normalized spacial score (nSPS) is 31.5. The molecule has 17 nitrogen and oxygen atoms in total.